The summed E-state index contributed by atoms with van der Waals surface area (Å²) >= 11 is 13.4. The highest BCUT2D eigenvalue weighted by Crippen LogP contribution is 2.24. The first kappa shape index (κ1) is 17.2. The zero-order valence-electron chi connectivity index (χ0n) is 12.7. The molecule has 0 unspecified atom stereocenters. The van der Waals surface area contributed by atoms with Crippen LogP contribution >= 0.6 is 35.0 Å². The molecule has 0 N–H and O–H groups in total. The number of rotatable bonds is 5. The van der Waals surface area contributed by atoms with Crippen LogP contribution in [0.5, 0.6) is 0 Å². The average molecular weight is 377 g/mol. The summed E-state index contributed by atoms with van der Waals surface area (Å²) < 4.78 is 5.27. The summed E-state index contributed by atoms with van der Waals surface area (Å²) in [5.74, 6) is -0.0250. The van der Waals surface area contributed by atoms with Gasteiger partial charge in [-0.05, 0) is 35.0 Å². The van der Waals surface area contributed by atoms with Crippen LogP contribution in [0.2, 0.25) is 10.0 Å². The van der Waals surface area contributed by atoms with E-state index in [0.717, 1.165) is 15.8 Å². The van der Waals surface area contributed by atoms with Crippen LogP contribution in [0.15, 0.2) is 65.6 Å². The Morgan fingerprint density at radius 1 is 0.958 bits per heavy atom. The van der Waals surface area contributed by atoms with Gasteiger partial charge in [0, 0.05) is 20.5 Å². The number of carbonyl (C=O) groups excluding carboxylic acids is 1. The van der Waals surface area contributed by atoms with Gasteiger partial charge in [0.05, 0.1) is 5.75 Å². The Labute approximate surface area is 154 Å². The van der Waals surface area contributed by atoms with Gasteiger partial charge < -0.3 is 4.74 Å². The first-order valence-electron chi connectivity index (χ1n) is 7.33. The molecule has 0 spiro atoms. The zero-order chi connectivity index (χ0) is 16.9. The minimum atomic E-state index is -0.279. The molecule has 2 nitrogen and oxygen atoms in total. The molecule has 0 aromatic heterocycles. The summed E-state index contributed by atoms with van der Waals surface area (Å²) in [6.45, 7) is 0.146. The molecule has 0 amide bonds. The van der Waals surface area contributed by atoms with Crippen molar-refractivity contribution in [3.05, 3.63) is 76.3 Å². The lowest BCUT2D eigenvalue weighted by Crippen LogP contribution is -2.07. The van der Waals surface area contributed by atoms with Gasteiger partial charge in [-0.3, -0.25) is 4.79 Å². The Kier molecular flexibility index (Phi) is 5.67. The molecule has 0 fully saturated rings. The second-order valence-corrected chi connectivity index (χ2v) is 7.09. The number of hydrogen-bond acceptors (Lipinski definition) is 3. The van der Waals surface area contributed by atoms with Crippen LogP contribution in [-0.4, -0.2) is 11.7 Å². The predicted octanol–water partition coefficient (Wildman–Crippen LogP) is 5.98. The lowest BCUT2D eigenvalue weighted by Gasteiger charge is -2.07. The van der Waals surface area contributed by atoms with Crippen LogP contribution in [0.4, 0.5) is 0 Å². The van der Waals surface area contributed by atoms with Gasteiger partial charge in [-0.1, -0.05) is 59.6 Å². The minimum Gasteiger partial charge on any atom is -0.460 e. The van der Waals surface area contributed by atoms with E-state index in [1.807, 2.05) is 18.2 Å². The van der Waals surface area contributed by atoms with E-state index in [9.17, 15) is 4.79 Å². The largest absolute Gasteiger partial charge is 0.460 e. The van der Waals surface area contributed by atoms with Gasteiger partial charge in [0.2, 0.25) is 0 Å². The number of halogens is 2. The fraction of sp³-hybridized carbons (Fsp3) is 0.105. The lowest BCUT2D eigenvalue weighted by molar-refractivity contribution is -0.141. The molecule has 3 aromatic rings. The molecule has 0 aliphatic heterocycles. The van der Waals surface area contributed by atoms with Crippen molar-refractivity contribution in [2.75, 3.05) is 5.75 Å². The van der Waals surface area contributed by atoms with Gasteiger partial charge in [0.15, 0.2) is 0 Å². The molecule has 0 aliphatic carbocycles. The van der Waals surface area contributed by atoms with Crippen molar-refractivity contribution in [3.63, 3.8) is 0 Å². The molecule has 0 saturated heterocycles. The summed E-state index contributed by atoms with van der Waals surface area (Å²) in [6, 6.07) is 19.4. The minimum absolute atomic E-state index is 0.146. The number of esters is 1. The molecule has 122 valence electrons. The van der Waals surface area contributed by atoms with Crippen LogP contribution in [0.3, 0.4) is 0 Å². The van der Waals surface area contributed by atoms with Crippen LogP contribution in [0.25, 0.3) is 10.8 Å². The van der Waals surface area contributed by atoms with E-state index in [2.05, 4.69) is 24.3 Å². The lowest BCUT2D eigenvalue weighted by atomic mass is 10.1. The van der Waals surface area contributed by atoms with Crippen molar-refractivity contribution >= 4 is 51.7 Å². The van der Waals surface area contributed by atoms with Crippen molar-refractivity contribution in [2.24, 2.45) is 0 Å². The monoisotopic (exact) mass is 376 g/mol. The normalized spacial score (nSPS) is 10.8. The second kappa shape index (κ2) is 7.93. The van der Waals surface area contributed by atoms with Crippen molar-refractivity contribution in [2.45, 2.75) is 11.5 Å². The number of carbonyl (C=O) groups is 1. The topological polar surface area (TPSA) is 26.3 Å². The SMILES string of the molecule is O=C(CSc1ccc2ccccc2c1)OCc1ccc(Cl)cc1Cl. The van der Waals surface area contributed by atoms with E-state index in [0.29, 0.717) is 10.0 Å². The van der Waals surface area contributed by atoms with Gasteiger partial charge in [0.1, 0.15) is 6.61 Å². The van der Waals surface area contributed by atoms with Crippen molar-refractivity contribution in [3.8, 4) is 0 Å². The van der Waals surface area contributed by atoms with Crippen molar-refractivity contribution in [1.29, 1.82) is 0 Å². The van der Waals surface area contributed by atoms with Gasteiger partial charge >= 0.3 is 5.97 Å². The molecule has 3 aromatic carbocycles. The Bertz CT molecular complexity index is 880. The molecule has 0 aliphatic rings. The summed E-state index contributed by atoms with van der Waals surface area (Å²) in [4.78, 5) is 13.0. The molecule has 0 radical (unpaired) electrons. The van der Waals surface area contributed by atoms with Gasteiger partial charge in [0.25, 0.3) is 0 Å². The maximum atomic E-state index is 11.9. The third-order valence-corrected chi connectivity index (χ3v) is 5.04. The summed E-state index contributed by atoms with van der Waals surface area (Å²) in [5, 5.41) is 3.39. The van der Waals surface area contributed by atoms with Crippen LogP contribution in [0.1, 0.15) is 5.56 Å². The Morgan fingerprint density at radius 2 is 1.75 bits per heavy atom. The van der Waals surface area contributed by atoms with E-state index < -0.39 is 0 Å². The highest BCUT2D eigenvalue weighted by molar-refractivity contribution is 8.00. The smallest absolute Gasteiger partial charge is 0.316 e. The average Bonchev–Trinajstić information content (AvgIpc) is 2.59. The van der Waals surface area contributed by atoms with E-state index in [-0.39, 0.29) is 18.3 Å². The zero-order valence-corrected chi connectivity index (χ0v) is 15.0. The van der Waals surface area contributed by atoms with Crippen LogP contribution in [0, 0.1) is 0 Å². The van der Waals surface area contributed by atoms with E-state index in [1.165, 1.54) is 17.1 Å². The molecule has 5 heteroatoms. The molecule has 0 atom stereocenters. The van der Waals surface area contributed by atoms with E-state index >= 15 is 0 Å². The fourth-order valence-corrected chi connectivity index (χ4v) is 3.44. The quantitative estimate of drug-likeness (QED) is 0.404. The van der Waals surface area contributed by atoms with Crippen LogP contribution in [-0.2, 0) is 16.1 Å². The number of benzene rings is 3. The predicted molar refractivity (Wildman–Crippen MR) is 101 cm³/mol. The maximum Gasteiger partial charge on any atom is 0.316 e. The number of hydrogen-bond donors (Lipinski definition) is 0. The first-order chi connectivity index (χ1) is 11.6. The Hall–Kier alpha value is -1.68. The number of thioether (sulfide) groups is 1. The van der Waals surface area contributed by atoms with E-state index in [4.69, 9.17) is 27.9 Å². The second-order valence-electron chi connectivity index (χ2n) is 5.19. The third-order valence-electron chi connectivity index (χ3n) is 3.48. The van der Waals surface area contributed by atoms with Crippen molar-refractivity contribution in [1.82, 2.24) is 0 Å². The molecule has 0 bridgehead atoms. The molecule has 3 rings (SSSR count). The highest BCUT2D eigenvalue weighted by Gasteiger charge is 2.08. The van der Waals surface area contributed by atoms with Gasteiger partial charge in [-0.15, -0.1) is 11.8 Å². The molecule has 0 saturated carbocycles. The molecule has 24 heavy (non-hydrogen) atoms. The number of ether oxygens (including phenoxy) is 1. The standard InChI is InChI=1S/C19H14Cl2O2S/c20-16-7-5-15(18(21)10-16)11-23-19(22)12-24-17-8-6-13-3-1-2-4-14(13)9-17/h1-10H,11-12H2. The summed E-state index contributed by atoms with van der Waals surface area (Å²) in [6.07, 6.45) is 0. The van der Waals surface area contributed by atoms with Crippen molar-refractivity contribution < 1.29 is 9.53 Å². The molecule has 0 heterocycles. The Morgan fingerprint density at radius 3 is 2.54 bits per heavy atom. The maximum absolute atomic E-state index is 11.9. The van der Waals surface area contributed by atoms with Gasteiger partial charge in [-0.2, -0.15) is 0 Å². The summed E-state index contributed by atoms with van der Waals surface area (Å²) in [5.41, 5.74) is 0.741. The van der Waals surface area contributed by atoms with Crippen LogP contribution < -0.4 is 0 Å². The van der Waals surface area contributed by atoms with E-state index in [1.54, 1.807) is 18.2 Å². The first-order valence-corrected chi connectivity index (χ1v) is 9.07. The third kappa shape index (κ3) is 4.44. The summed E-state index contributed by atoms with van der Waals surface area (Å²) in [7, 11) is 0. The highest BCUT2D eigenvalue weighted by atomic mass is 35.5. The molecular formula is C19H14Cl2O2S. The van der Waals surface area contributed by atoms with Gasteiger partial charge in [-0.25, -0.2) is 0 Å². The Balaban J connectivity index is 1.54. The molecular weight excluding hydrogens is 363 g/mol. The number of fused-ring (bicyclic) bond motifs is 1. The fourth-order valence-electron chi connectivity index (χ4n) is 2.24.